The van der Waals surface area contributed by atoms with Gasteiger partial charge in [-0.2, -0.15) is 0 Å². The zero-order valence-electron chi connectivity index (χ0n) is 10.8. The van der Waals surface area contributed by atoms with Crippen molar-refractivity contribution in [3.63, 3.8) is 0 Å². The molecule has 1 aromatic rings. The minimum atomic E-state index is -0.748. The Morgan fingerprint density at radius 2 is 2.32 bits per heavy atom. The van der Waals surface area contributed by atoms with Crippen molar-refractivity contribution in [2.75, 3.05) is 0 Å². The highest BCUT2D eigenvalue weighted by molar-refractivity contribution is 7.07. The van der Waals surface area contributed by atoms with E-state index in [4.69, 9.17) is 10.9 Å². The molecule has 0 saturated heterocycles. The molecule has 19 heavy (non-hydrogen) atoms. The summed E-state index contributed by atoms with van der Waals surface area (Å²) in [6, 6.07) is 0. The summed E-state index contributed by atoms with van der Waals surface area (Å²) in [5.41, 5.74) is 7.02. The number of rotatable bonds is 3. The molecule has 4 N–H and O–H groups in total. The predicted octanol–water partition coefficient (Wildman–Crippen LogP) is 1.57. The molecular formula is C12H18N4O2S. The molecule has 0 aromatic carbocycles. The molecule has 2 rings (SSSR count). The summed E-state index contributed by atoms with van der Waals surface area (Å²) in [5, 5.41) is 16.6. The van der Waals surface area contributed by atoms with Gasteiger partial charge in [-0.3, -0.25) is 4.79 Å². The first-order valence-electron chi connectivity index (χ1n) is 6.26. The van der Waals surface area contributed by atoms with Gasteiger partial charge in [0.05, 0.1) is 5.51 Å². The lowest BCUT2D eigenvalue weighted by atomic mass is 9.76. The molecule has 6 nitrogen and oxygen atoms in total. The molecule has 7 heteroatoms. The van der Waals surface area contributed by atoms with Crippen molar-refractivity contribution in [3.8, 4) is 0 Å². The monoisotopic (exact) mass is 282 g/mol. The molecule has 0 bridgehead atoms. The van der Waals surface area contributed by atoms with Crippen molar-refractivity contribution in [2.45, 2.75) is 38.1 Å². The molecule has 0 spiro atoms. The number of carbonyl (C=O) groups excluding carboxylic acids is 1. The van der Waals surface area contributed by atoms with Gasteiger partial charge < -0.3 is 16.3 Å². The first kappa shape index (κ1) is 13.8. The zero-order valence-corrected chi connectivity index (χ0v) is 11.6. The molecule has 104 valence electrons. The maximum atomic E-state index is 12.1. The molecule has 1 amide bonds. The van der Waals surface area contributed by atoms with Gasteiger partial charge >= 0.3 is 0 Å². The Kier molecular flexibility index (Phi) is 4.04. The summed E-state index contributed by atoms with van der Waals surface area (Å²) in [6.45, 7) is 2.17. The second kappa shape index (κ2) is 5.56. The van der Waals surface area contributed by atoms with E-state index in [2.05, 4.69) is 22.4 Å². The Balaban J connectivity index is 2.17. The van der Waals surface area contributed by atoms with E-state index in [0.717, 1.165) is 12.8 Å². The summed E-state index contributed by atoms with van der Waals surface area (Å²) >= 11 is 1.36. The van der Waals surface area contributed by atoms with Crippen LogP contribution in [0.15, 0.2) is 16.0 Å². The van der Waals surface area contributed by atoms with Crippen LogP contribution < -0.4 is 11.1 Å². The van der Waals surface area contributed by atoms with E-state index in [0.29, 0.717) is 24.5 Å². The second-order valence-corrected chi connectivity index (χ2v) is 5.80. The molecule has 1 saturated carbocycles. The first-order chi connectivity index (χ1) is 9.07. The Morgan fingerprint density at radius 1 is 1.63 bits per heavy atom. The molecule has 1 aromatic heterocycles. The van der Waals surface area contributed by atoms with Crippen LogP contribution in [0.4, 0.5) is 0 Å². The van der Waals surface area contributed by atoms with Crippen molar-refractivity contribution in [2.24, 2.45) is 16.8 Å². The Bertz CT molecular complexity index is 464. The van der Waals surface area contributed by atoms with Gasteiger partial charge in [0.15, 0.2) is 5.84 Å². The van der Waals surface area contributed by atoms with Crippen LogP contribution in [0.3, 0.4) is 0 Å². The van der Waals surface area contributed by atoms with Gasteiger partial charge in [-0.15, -0.1) is 11.3 Å². The number of nitrogens with one attached hydrogen (secondary N) is 1. The molecule has 0 unspecified atom stereocenters. The van der Waals surface area contributed by atoms with E-state index in [1.165, 1.54) is 11.3 Å². The number of oxime groups is 1. The number of hydrogen-bond acceptors (Lipinski definition) is 5. The van der Waals surface area contributed by atoms with E-state index >= 15 is 0 Å². The first-order valence-corrected chi connectivity index (χ1v) is 7.20. The standard InChI is InChI=1S/C12H18N4O2S/c1-8-2-4-12(5-3-8,11(13)16-18)15-10(17)9-6-19-7-14-9/h6-8,18H,2-5H2,1H3,(H2,13,16)(H,15,17). The number of nitrogens with zero attached hydrogens (tertiary/aromatic N) is 2. The van der Waals surface area contributed by atoms with Crippen molar-refractivity contribution < 1.29 is 10.0 Å². The fraction of sp³-hybridized carbons (Fsp3) is 0.583. The maximum Gasteiger partial charge on any atom is 0.271 e. The fourth-order valence-corrected chi connectivity index (χ4v) is 2.93. The molecule has 1 fully saturated rings. The van der Waals surface area contributed by atoms with Gasteiger partial charge in [0.25, 0.3) is 5.91 Å². The highest BCUT2D eigenvalue weighted by Crippen LogP contribution is 2.32. The highest BCUT2D eigenvalue weighted by atomic mass is 32.1. The number of hydrogen-bond donors (Lipinski definition) is 3. The molecule has 0 atom stereocenters. The van der Waals surface area contributed by atoms with Gasteiger partial charge in [0.1, 0.15) is 11.2 Å². The number of amides is 1. The highest BCUT2D eigenvalue weighted by Gasteiger charge is 2.40. The summed E-state index contributed by atoms with van der Waals surface area (Å²) in [4.78, 5) is 16.1. The smallest absolute Gasteiger partial charge is 0.271 e. The number of nitrogens with two attached hydrogens (primary N) is 1. The van der Waals surface area contributed by atoms with Crippen LogP contribution in [0.25, 0.3) is 0 Å². The van der Waals surface area contributed by atoms with Crippen LogP contribution in [0, 0.1) is 5.92 Å². The fourth-order valence-electron chi connectivity index (χ4n) is 2.40. The molecular weight excluding hydrogens is 264 g/mol. The van der Waals surface area contributed by atoms with E-state index < -0.39 is 5.54 Å². The van der Waals surface area contributed by atoms with Crippen molar-refractivity contribution in [1.29, 1.82) is 0 Å². The van der Waals surface area contributed by atoms with Crippen LogP contribution >= 0.6 is 11.3 Å². The topological polar surface area (TPSA) is 101 Å². The predicted molar refractivity (Wildman–Crippen MR) is 73.4 cm³/mol. The summed E-state index contributed by atoms with van der Waals surface area (Å²) < 4.78 is 0. The van der Waals surface area contributed by atoms with Gasteiger partial charge in [-0.25, -0.2) is 4.98 Å². The number of amidine groups is 1. The molecule has 1 heterocycles. The van der Waals surface area contributed by atoms with Gasteiger partial charge in [0.2, 0.25) is 0 Å². The van der Waals surface area contributed by atoms with Crippen LogP contribution in [-0.4, -0.2) is 27.5 Å². The normalized spacial score (nSPS) is 28.1. The van der Waals surface area contributed by atoms with E-state index in [1.54, 1.807) is 10.9 Å². The van der Waals surface area contributed by atoms with E-state index in [-0.39, 0.29) is 11.7 Å². The van der Waals surface area contributed by atoms with Crippen LogP contribution in [0.1, 0.15) is 43.1 Å². The van der Waals surface area contributed by atoms with Crippen LogP contribution in [-0.2, 0) is 0 Å². The molecule has 0 aliphatic heterocycles. The largest absolute Gasteiger partial charge is 0.409 e. The number of thiazole rings is 1. The summed E-state index contributed by atoms with van der Waals surface area (Å²) in [7, 11) is 0. The van der Waals surface area contributed by atoms with E-state index in [1.807, 2.05) is 0 Å². The van der Waals surface area contributed by atoms with Crippen molar-refractivity contribution >= 4 is 23.1 Å². The Labute approximate surface area is 115 Å². The minimum Gasteiger partial charge on any atom is -0.409 e. The minimum absolute atomic E-state index is 0.0722. The number of carbonyl (C=O) groups is 1. The lowest BCUT2D eigenvalue weighted by Crippen LogP contribution is -2.59. The molecule has 1 aliphatic rings. The van der Waals surface area contributed by atoms with Crippen LogP contribution in [0.2, 0.25) is 0 Å². The van der Waals surface area contributed by atoms with Gasteiger partial charge in [0, 0.05) is 5.38 Å². The third kappa shape index (κ3) is 2.86. The van der Waals surface area contributed by atoms with Crippen LogP contribution in [0.5, 0.6) is 0 Å². The Morgan fingerprint density at radius 3 is 2.84 bits per heavy atom. The maximum absolute atomic E-state index is 12.1. The molecule has 0 radical (unpaired) electrons. The second-order valence-electron chi connectivity index (χ2n) is 5.08. The van der Waals surface area contributed by atoms with Gasteiger partial charge in [-0.1, -0.05) is 12.1 Å². The van der Waals surface area contributed by atoms with Crippen molar-refractivity contribution in [1.82, 2.24) is 10.3 Å². The third-order valence-corrected chi connectivity index (χ3v) is 4.33. The average Bonchev–Trinajstić information content (AvgIpc) is 2.95. The summed E-state index contributed by atoms with van der Waals surface area (Å²) in [6.07, 6.45) is 3.24. The number of aromatic nitrogens is 1. The van der Waals surface area contributed by atoms with Crippen molar-refractivity contribution in [3.05, 3.63) is 16.6 Å². The molecule has 1 aliphatic carbocycles. The lowest BCUT2D eigenvalue weighted by molar-refractivity contribution is 0.0893. The SMILES string of the molecule is CC1CCC(NC(=O)c2cscn2)(C(N)=NO)CC1. The Hall–Kier alpha value is -1.63. The lowest BCUT2D eigenvalue weighted by Gasteiger charge is -2.38. The zero-order chi connectivity index (χ0) is 13.9. The third-order valence-electron chi connectivity index (χ3n) is 3.74. The quantitative estimate of drug-likeness (QED) is 0.339. The van der Waals surface area contributed by atoms with E-state index in [9.17, 15) is 4.79 Å². The summed E-state index contributed by atoms with van der Waals surface area (Å²) in [5.74, 6) is 0.390. The van der Waals surface area contributed by atoms with Gasteiger partial charge in [-0.05, 0) is 31.6 Å². The average molecular weight is 282 g/mol.